The summed E-state index contributed by atoms with van der Waals surface area (Å²) in [6.45, 7) is 0. The second kappa shape index (κ2) is 4.52. The summed E-state index contributed by atoms with van der Waals surface area (Å²) < 4.78 is 25.3. The molecular formula is C13H17N3O2S. The molecule has 1 fully saturated rings. The highest BCUT2D eigenvalue weighted by Crippen LogP contribution is 2.22. The van der Waals surface area contributed by atoms with Crippen LogP contribution in [0.4, 0.5) is 5.69 Å². The molecule has 2 aromatic heterocycles. The number of aromatic nitrogens is 2. The summed E-state index contributed by atoms with van der Waals surface area (Å²) in [5.41, 5.74) is 7.46. The van der Waals surface area contributed by atoms with Crippen LogP contribution >= 0.6 is 0 Å². The van der Waals surface area contributed by atoms with E-state index >= 15 is 0 Å². The number of anilines is 1. The number of nitrogens with two attached hydrogens (primary N) is 1. The summed E-state index contributed by atoms with van der Waals surface area (Å²) in [5.74, 6) is 1.68. The van der Waals surface area contributed by atoms with Crippen molar-refractivity contribution in [2.24, 2.45) is 5.92 Å². The molecule has 6 heteroatoms. The Morgan fingerprint density at radius 3 is 3.05 bits per heavy atom. The van der Waals surface area contributed by atoms with E-state index in [0.717, 1.165) is 24.2 Å². The Balaban J connectivity index is 1.87. The minimum Gasteiger partial charge on any atom is -0.398 e. The molecule has 0 amide bonds. The molecule has 1 aliphatic rings. The summed E-state index contributed by atoms with van der Waals surface area (Å²) in [6.07, 6.45) is 6.05. The maximum absolute atomic E-state index is 11.7. The van der Waals surface area contributed by atoms with Gasteiger partial charge in [0.1, 0.15) is 5.82 Å². The van der Waals surface area contributed by atoms with Crippen molar-refractivity contribution in [3.63, 3.8) is 0 Å². The molecule has 0 bridgehead atoms. The van der Waals surface area contributed by atoms with Crippen LogP contribution in [0.15, 0.2) is 24.5 Å². The van der Waals surface area contributed by atoms with Crippen LogP contribution in [0, 0.1) is 5.92 Å². The summed E-state index contributed by atoms with van der Waals surface area (Å²) >= 11 is 0. The van der Waals surface area contributed by atoms with Crippen molar-refractivity contribution in [1.29, 1.82) is 0 Å². The standard InChI is InChI=1S/C13H17N3O2S/c14-11-3-4-12-7-15-13(16(12)8-11)6-10-2-1-5-19(17,18)9-10/h3-4,7-8,10H,1-2,5-6,9,14H2. The molecule has 1 saturated heterocycles. The molecule has 0 spiro atoms. The monoisotopic (exact) mass is 279 g/mol. The minimum atomic E-state index is -2.86. The first-order valence-corrected chi connectivity index (χ1v) is 8.27. The van der Waals surface area contributed by atoms with Gasteiger partial charge in [-0.15, -0.1) is 0 Å². The number of pyridine rings is 1. The summed E-state index contributed by atoms with van der Waals surface area (Å²) in [5, 5.41) is 0. The zero-order valence-electron chi connectivity index (χ0n) is 10.6. The Bertz CT molecular complexity index is 706. The number of nitrogens with zero attached hydrogens (tertiary/aromatic N) is 2. The quantitative estimate of drug-likeness (QED) is 0.898. The largest absolute Gasteiger partial charge is 0.398 e. The number of imidazole rings is 1. The van der Waals surface area contributed by atoms with Gasteiger partial charge in [-0.25, -0.2) is 13.4 Å². The molecule has 2 N–H and O–H groups in total. The lowest BCUT2D eigenvalue weighted by atomic mass is 10.0. The van der Waals surface area contributed by atoms with E-state index in [0.29, 0.717) is 17.9 Å². The van der Waals surface area contributed by atoms with E-state index in [-0.39, 0.29) is 11.7 Å². The van der Waals surface area contributed by atoms with Crippen molar-refractivity contribution in [3.8, 4) is 0 Å². The molecule has 19 heavy (non-hydrogen) atoms. The van der Waals surface area contributed by atoms with E-state index in [1.54, 1.807) is 6.20 Å². The average molecular weight is 279 g/mol. The highest BCUT2D eigenvalue weighted by atomic mass is 32.2. The molecule has 0 radical (unpaired) electrons. The van der Waals surface area contributed by atoms with Gasteiger partial charge in [0.05, 0.1) is 23.2 Å². The van der Waals surface area contributed by atoms with Crippen LogP contribution in [0.25, 0.3) is 5.52 Å². The van der Waals surface area contributed by atoms with E-state index < -0.39 is 9.84 Å². The predicted molar refractivity (Wildman–Crippen MR) is 74.7 cm³/mol. The third-order valence-corrected chi connectivity index (χ3v) is 5.55. The van der Waals surface area contributed by atoms with E-state index in [4.69, 9.17) is 5.73 Å². The van der Waals surface area contributed by atoms with Gasteiger partial charge < -0.3 is 10.1 Å². The van der Waals surface area contributed by atoms with Crippen molar-refractivity contribution in [1.82, 2.24) is 9.38 Å². The molecule has 102 valence electrons. The summed E-state index contributed by atoms with van der Waals surface area (Å²) in [6, 6.07) is 3.76. The first-order chi connectivity index (χ1) is 9.03. The van der Waals surface area contributed by atoms with Crippen molar-refractivity contribution >= 4 is 21.0 Å². The lowest BCUT2D eigenvalue weighted by Crippen LogP contribution is -2.27. The van der Waals surface area contributed by atoms with E-state index in [1.165, 1.54) is 0 Å². The minimum absolute atomic E-state index is 0.172. The van der Waals surface area contributed by atoms with Crippen LogP contribution in [0.5, 0.6) is 0 Å². The van der Waals surface area contributed by atoms with Gasteiger partial charge in [-0.2, -0.15) is 0 Å². The highest BCUT2D eigenvalue weighted by Gasteiger charge is 2.25. The molecule has 0 saturated carbocycles. The number of sulfone groups is 1. The lowest BCUT2D eigenvalue weighted by molar-refractivity contribution is 0.475. The lowest BCUT2D eigenvalue weighted by Gasteiger charge is -2.21. The van der Waals surface area contributed by atoms with E-state index in [9.17, 15) is 8.42 Å². The van der Waals surface area contributed by atoms with Gasteiger partial charge in [0.15, 0.2) is 9.84 Å². The molecule has 2 aromatic rings. The van der Waals surface area contributed by atoms with Crippen LogP contribution in [-0.2, 0) is 16.3 Å². The zero-order valence-corrected chi connectivity index (χ0v) is 11.4. The van der Waals surface area contributed by atoms with Gasteiger partial charge in [-0.3, -0.25) is 0 Å². The summed E-state index contributed by atoms with van der Waals surface area (Å²) in [7, 11) is -2.86. The molecule has 3 rings (SSSR count). The zero-order chi connectivity index (χ0) is 13.5. The highest BCUT2D eigenvalue weighted by molar-refractivity contribution is 7.91. The third kappa shape index (κ3) is 2.58. The molecule has 1 unspecified atom stereocenters. The molecule has 0 aliphatic carbocycles. The number of hydrogen-bond donors (Lipinski definition) is 1. The number of rotatable bonds is 2. The average Bonchev–Trinajstić information content (AvgIpc) is 2.71. The van der Waals surface area contributed by atoms with Crippen LogP contribution in [0.2, 0.25) is 0 Å². The Kier molecular flexibility index (Phi) is 2.97. The Morgan fingerprint density at radius 1 is 1.42 bits per heavy atom. The molecular weight excluding hydrogens is 262 g/mol. The van der Waals surface area contributed by atoms with Crippen molar-refractivity contribution < 1.29 is 8.42 Å². The number of hydrogen-bond acceptors (Lipinski definition) is 4. The fraction of sp³-hybridized carbons (Fsp3) is 0.462. The van der Waals surface area contributed by atoms with Crippen molar-refractivity contribution in [2.45, 2.75) is 19.3 Å². The summed E-state index contributed by atoms with van der Waals surface area (Å²) in [4.78, 5) is 4.39. The molecule has 0 aromatic carbocycles. The fourth-order valence-corrected chi connectivity index (χ4v) is 4.52. The second-order valence-electron chi connectivity index (χ2n) is 5.26. The van der Waals surface area contributed by atoms with Crippen LogP contribution < -0.4 is 5.73 Å². The van der Waals surface area contributed by atoms with E-state index in [1.807, 2.05) is 22.7 Å². The second-order valence-corrected chi connectivity index (χ2v) is 7.49. The normalized spacial score (nSPS) is 22.6. The van der Waals surface area contributed by atoms with Gasteiger partial charge in [0, 0.05) is 18.3 Å². The van der Waals surface area contributed by atoms with Crippen molar-refractivity contribution in [3.05, 3.63) is 30.4 Å². The van der Waals surface area contributed by atoms with Crippen LogP contribution in [0.3, 0.4) is 0 Å². The SMILES string of the molecule is Nc1ccc2cnc(CC3CCCS(=O)(=O)C3)n2c1. The van der Waals surface area contributed by atoms with E-state index in [2.05, 4.69) is 4.98 Å². The number of fused-ring (bicyclic) bond motifs is 1. The van der Waals surface area contributed by atoms with Gasteiger partial charge >= 0.3 is 0 Å². The fourth-order valence-electron chi connectivity index (χ4n) is 2.75. The Labute approximate surface area is 112 Å². The van der Waals surface area contributed by atoms with Gasteiger partial charge in [-0.05, 0) is 30.9 Å². The van der Waals surface area contributed by atoms with Crippen LogP contribution in [-0.4, -0.2) is 29.3 Å². The van der Waals surface area contributed by atoms with Gasteiger partial charge in [0.25, 0.3) is 0 Å². The first kappa shape index (κ1) is 12.5. The maximum Gasteiger partial charge on any atom is 0.150 e. The molecule has 1 aliphatic heterocycles. The first-order valence-electron chi connectivity index (χ1n) is 6.45. The molecule has 5 nitrogen and oxygen atoms in total. The smallest absolute Gasteiger partial charge is 0.150 e. The van der Waals surface area contributed by atoms with Crippen molar-refractivity contribution in [2.75, 3.05) is 17.2 Å². The van der Waals surface area contributed by atoms with Crippen LogP contribution in [0.1, 0.15) is 18.7 Å². The Morgan fingerprint density at radius 2 is 2.26 bits per heavy atom. The topological polar surface area (TPSA) is 77.5 Å². The van der Waals surface area contributed by atoms with Gasteiger partial charge in [0.2, 0.25) is 0 Å². The third-order valence-electron chi connectivity index (χ3n) is 3.66. The Hall–Kier alpha value is -1.56. The number of nitrogen functional groups attached to an aromatic ring is 1. The molecule has 3 heterocycles. The maximum atomic E-state index is 11.7. The van der Waals surface area contributed by atoms with Gasteiger partial charge in [-0.1, -0.05) is 0 Å². The predicted octanol–water partition coefficient (Wildman–Crippen LogP) is 1.28. The molecule has 1 atom stereocenters.